The van der Waals surface area contributed by atoms with E-state index in [0.717, 1.165) is 27.6 Å². The monoisotopic (exact) mass is 311 g/mol. The summed E-state index contributed by atoms with van der Waals surface area (Å²) in [5.74, 6) is 0. The highest BCUT2D eigenvalue weighted by molar-refractivity contribution is 6.30. The molecule has 3 aromatic rings. The molecular formula is C19H18ClNO. The lowest BCUT2D eigenvalue weighted by Gasteiger charge is -2.15. The quantitative estimate of drug-likeness (QED) is 0.676. The van der Waals surface area contributed by atoms with Gasteiger partial charge in [-0.2, -0.15) is 0 Å². The maximum atomic E-state index is 12.5. The first-order valence-corrected chi connectivity index (χ1v) is 7.69. The minimum Gasteiger partial charge on any atom is -0.304 e. The van der Waals surface area contributed by atoms with Gasteiger partial charge in [-0.25, -0.2) is 0 Å². The van der Waals surface area contributed by atoms with Crippen LogP contribution in [0.1, 0.15) is 22.3 Å². The Balaban J connectivity index is 2.24. The highest BCUT2D eigenvalue weighted by Crippen LogP contribution is 2.23. The van der Waals surface area contributed by atoms with Crippen LogP contribution in [0.3, 0.4) is 0 Å². The average molecular weight is 312 g/mol. The van der Waals surface area contributed by atoms with Gasteiger partial charge in [-0.3, -0.25) is 4.79 Å². The van der Waals surface area contributed by atoms with Gasteiger partial charge in [0.2, 0.25) is 0 Å². The Morgan fingerprint density at radius 1 is 0.955 bits per heavy atom. The fourth-order valence-electron chi connectivity index (χ4n) is 3.00. The summed E-state index contributed by atoms with van der Waals surface area (Å²) in [7, 11) is 0. The van der Waals surface area contributed by atoms with Crippen molar-refractivity contribution in [2.45, 2.75) is 27.3 Å². The fraction of sp³-hybridized carbons (Fsp3) is 0.211. The van der Waals surface area contributed by atoms with Crippen molar-refractivity contribution in [3.05, 3.63) is 80.1 Å². The van der Waals surface area contributed by atoms with Gasteiger partial charge in [-0.1, -0.05) is 35.4 Å². The molecule has 112 valence electrons. The molecule has 3 heteroatoms. The maximum absolute atomic E-state index is 12.5. The van der Waals surface area contributed by atoms with E-state index in [1.807, 2.05) is 35.8 Å². The zero-order valence-corrected chi connectivity index (χ0v) is 13.7. The molecule has 0 bridgehead atoms. The van der Waals surface area contributed by atoms with Crippen molar-refractivity contribution in [1.29, 1.82) is 0 Å². The van der Waals surface area contributed by atoms with Crippen LogP contribution in [-0.2, 0) is 6.54 Å². The largest absolute Gasteiger partial charge is 0.304 e. The van der Waals surface area contributed by atoms with Crippen molar-refractivity contribution in [1.82, 2.24) is 4.57 Å². The minimum atomic E-state index is 0.0342. The SMILES string of the molecule is Cc1cc(C)c2c(c1)c(C)cc(=O)n2Cc1ccc(Cl)cc1. The van der Waals surface area contributed by atoms with Crippen LogP contribution in [0.15, 0.2) is 47.3 Å². The second kappa shape index (κ2) is 5.62. The number of fused-ring (bicyclic) bond motifs is 1. The van der Waals surface area contributed by atoms with Crippen molar-refractivity contribution in [3.8, 4) is 0 Å². The van der Waals surface area contributed by atoms with Crippen LogP contribution in [-0.4, -0.2) is 4.57 Å². The smallest absolute Gasteiger partial charge is 0.251 e. The second-order valence-electron chi connectivity index (χ2n) is 5.86. The third-order valence-corrected chi connectivity index (χ3v) is 4.25. The highest BCUT2D eigenvalue weighted by atomic mass is 35.5. The molecule has 0 atom stereocenters. The molecule has 0 aliphatic heterocycles. The van der Waals surface area contributed by atoms with Crippen LogP contribution in [0.4, 0.5) is 0 Å². The number of aromatic nitrogens is 1. The van der Waals surface area contributed by atoms with E-state index in [1.165, 1.54) is 5.56 Å². The summed E-state index contributed by atoms with van der Waals surface area (Å²) < 4.78 is 1.85. The first kappa shape index (κ1) is 14.9. The Kier molecular flexibility index (Phi) is 3.79. The van der Waals surface area contributed by atoms with Crippen LogP contribution in [0, 0.1) is 20.8 Å². The van der Waals surface area contributed by atoms with Gasteiger partial charge in [0, 0.05) is 16.5 Å². The number of benzene rings is 2. The first-order chi connectivity index (χ1) is 10.5. The van der Waals surface area contributed by atoms with E-state index in [4.69, 9.17) is 11.6 Å². The molecule has 0 amide bonds. The van der Waals surface area contributed by atoms with Crippen molar-refractivity contribution >= 4 is 22.5 Å². The molecule has 0 N–H and O–H groups in total. The number of hydrogen-bond donors (Lipinski definition) is 0. The number of halogens is 1. The van der Waals surface area contributed by atoms with Crippen LogP contribution in [0.25, 0.3) is 10.9 Å². The number of aryl methyl sites for hydroxylation is 3. The van der Waals surface area contributed by atoms with Crippen molar-refractivity contribution in [3.63, 3.8) is 0 Å². The Morgan fingerprint density at radius 2 is 1.64 bits per heavy atom. The predicted molar refractivity (Wildman–Crippen MR) is 93.0 cm³/mol. The van der Waals surface area contributed by atoms with Crippen molar-refractivity contribution in [2.75, 3.05) is 0 Å². The third kappa shape index (κ3) is 2.67. The molecule has 0 radical (unpaired) electrons. The van der Waals surface area contributed by atoms with Gasteiger partial charge < -0.3 is 4.57 Å². The molecule has 1 aromatic heterocycles. The third-order valence-electron chi connectivity index (χ3n) is 4.00. The zero-order chi connectivity index (χ0) is 15.9. The first-order valence-electron chi connectivity index (χ1n) is 7.31. The van der Waals surface area contributed by atoms with E-state index in [1.54, 1.807) is 6.07 Å². The van der Waals surface area contributed by atoms with E-state index in [9.17, 15) is 4.79 Å². The van der Waals surface area contributed by atoms with Crippen molar-refractivity contribution < 1.29 is 0 Å². The summed E-state index contributed by atoms with van der Waals surface area (Å²) in [5.41, 5.74) is 5.49. The molecule has 3 rings (SSSR count). The van der Waals surface area contributed by atoms with E-state index in [-0.39, 0.29) is 5.56 Å². The van der Waals surface area contributed by atoms with Gasteiger partial charge in [-0.15, -0.1) is 0 Å². The van der Waals surface area contributed by atoms with E-state index >= 15 is 0 Å². The Morgan fingerprint density at radius 3 is 2.32 bits per heavy atom. The lowest BCUT2D eigenvalue weighted by atomic mass is 10.0. The summed E-state index contributed by atoms with van der Waals surface area (Å²) in [6, 6.07) is 13.6. The van der Waals surface area contributed by atoms with E-state index in [0.29, 0.717) is 11.6 Å². The summed E-state index contributed by atoms with van der Waals surface area (Å²) in [5, 5.41) is 1.85. The summed E-state index contributed by atoms with van der Waals surface area (Å²) in [4.78, 5) is 12.5. The second-order valence-corrected chi connectivity index (χ2v) is 6.29. The van der Waals surface area contributed by atoms with Gasteiger partial charge in [0.1, 0.15) is 0 Å². The number of hydrogen-bond acceptors (Lipinski definition) is 1. The molecule has 0 aliphatic carbocycles. The lowest BCUT2D eigenvalue weighted by molar-refractivity contribution is 0.790. The van der Waals surface area contributed by atoms with Crippen LogP contribution < -0.4 is 5.56 Å². The predicted octanol–water partition coefficient (Wildman–Crippen LogP) is 4.63. The lowest BCUT2D eigenvalue weighted by Crippen LogP contribution is -2.21. The summed E-state index contributed by atoms with van der Waals surface area (Å²) >= 11 is 5.94. The molecule has 1 heterocycles. The molecule has 0 spiro atoms. The summed E-state index contributed by atoms with van der Waals surface area (Å²) in [6.07, 6.45) is 0. The van der Waals surface area contributed by atoms with Crippen LogP contribution in [0.2, 0.25) is 5.02 Å². The highest BCUT2D eigenvalue weighted by Gasteiger charge is 2.10. The average Bonchev–Trinajstić information content (AvgIpc) is 2.45. The molecular weight excluding hydrogens is 294 g/mol. The maximum Gasteiger partial charge on any atom is 0.251 e. The molecule has 0 aliphatic rings. The van der Waals surface area contributed by atoms with Gasteiger partial charge in [0.05, 0.1) is 12.1 Å². The minimum absolute atomic E-state index is 0.0342. The molecule has 0 fully saturated rings. The number of rotatable bonds is 2. The Bertz CT molecular complexity index is 907. The molecule has 0 unspecified atom stereocenters. The molecule has 0 saturated heterocycles. The molecule has 2 nitrogen and oxygen atoms in total. The van der Waals surface area contributed by atoms with Gasteiger partial charge in [-0.05, 0) is 55.7 Å². The van der Waals surface area contributed by atoms with Crippen LogP contribution >= 0.6 is 11.6 Å². The van der Waals surface area contributed by atoms with Gasteiger partial charge in [0.25, 0.3) is 5.56 Å². The fourth-order valence-corrected chi connectivity index (χ4v) is 3.13. The number of pyridine rings is 1. The standard InChI is InChI=1S/C19H18ClNO/c1-12-8-14(3)19-17(9-12)13(2)10-18(22)21(19)11-15-4-6-16(20)7-5-15/h4-10H,11H2,1-3H3. The Hall–Kier alpha value is -2.06. The van der Waals surface area contributed by atoms with E-state index < -0.39 is 0 Å². The number of nitrogens with zero attached hydrogens (tertiary/aromatic N) is 1. The van der Waals surface area contributed by atoms with E-state index in [2.05, 4.69) is 26.0 Å². The topological polar surface area (TPSA) is 22.0 Å². The molecule has 0 saturated carbocycles. The molecule has 22 heavy (non-hydrogen) atoms. The van der Waals surface area contributed by atoms with Gasteiger partial charge >= 0.3 is 0 Å². The molecule has 2 aromatic carbocycles. The Labute approximate surface area is 135 Å². The van der Waals surface area contributed by atoms with Crippen molar-refractivity contribution in [2.24, 2.45) is 0 Å². The zero-order valence-electron chi connectivity index (χ0n) is 13.0. The normalized spacial score (nSPS) is 11.1. The van der Waals surface area contributed by atoms with Crippen LogP contribution in [0.5, 0.6) is 0 Å². The van der Waals surface area contributed by atoms with Gasteiger partial charge in [0.15, 0.2) is 0 Å². The summed E-state index contributed by atoms with van der Waals surface area (Å²) in [6.45, 7) is 6.69.